The number of carbonyl (C=O) groups is 1. The second-order valence-electron chi connectivity index (χ2n) is 1.56. The Kier molecular flexibility index (Phi) is 10.2. The Bertz CT molecular complexity index is 73.8. The van der Waals surface area contributed by atoms with Crippen molar-refractivity contribution in [2.24, 2.45) is 0 Å². The maximum absolute atomic E-state index is 9.00. The van der Waals surface area contributed by atoms with Crippen LogP contribution in [-0.4, -0.2) is 31.6 Å². The van der Waals surface area contributed by atoms with E-state index in [9.17, 15) is 0 Å². The largest absolute Gasteiger partial charge is 0.481 e. The molecule has 0 radical (unpaired) electrons. The minimum atomic E-state index is -0.833. The van der Waals surface area contributed by atoms with Gasteiger partial charge < -0.3 is 14.6 Å². The number of carboxylic acid groups (broad SMARTS) is 1. The van der Waals surface area contributed by atoms with Gasteiger partial charge in [-0.15, -0.1) is 0 Å². The first-order valence-corrected chi connectivity index (χ1v) is 2.79. The van der Waals surface area contributed by atoms with Crippen molar-refractivity contribution >= 4 is 5.97 Å². The smallest absolute Gasteiger partial charge is 0.300 e. The number of hydrogen-bond acceptors (Lipinski definition) is 3. The Balaban J connectivity index is 0. The van der Waals surface area contributed by atoms with Gasteiger partial charge in [-0.25, -0.2) is 0 Å². The van der Waals surface area contributed by atoms with E-state index in [1.165, 1.54) is 0 Å². The van der Waals surface area contributed by atoms with E-state index in [0.717, 1.165) is 6.92 Å². The van der Waals surface area contributed by atoms with Gasteiger partial charge in [-0.1, -0.05) is 0 Å². The molecule has 0 aliphatic carbocycles. The van der Waals surface area contributed by atoms with Gasteiger partial charge >= 0.3 is 0 Å². The van der Waals surface area contributed by atoms with Crippen molar-refractivity contribution in [1.29, 1.82) is 0 Å². The molecule has 0 aromatic heterocycles. The van der Waals surface area contributed by atoms with Crippen LogP contribution in [-0.2, 0) is 14.3 Å². The number of aliphatic carboxylic acids is 1. The lowest BCUT2D eigenvalue weighted by Crippen LogP contribution is -2.05. The first-order chi connectivity index (χ1) is 4.54. The summed E-state index contributed by atoms with van der Waals surface area (Å²) in [6.07, 6.45) is -0.0648. The number of rotatable bonds is 2. The van der Waals surface area contributed by atoms with Crippen molar-refractivity contribution in [2.75, 3.05) is 14.2 Å². The molecular weight excluding hydrogens is 136 g/mol. The molecule has 0 rings (SSSR count). The van der Waals surface area contributed by atoms with Crippen LogP contribution in [0.5, 0.6) is 0 Å². The molecule has 0 aliphatic rings. The Labute approximate surface area is 60.8 Å². The summed E-state index contributed by atoms with van der Waals surface area (Å²) in [5, 5.41) is 7.42. The highest BCUT2D eigenvalue weighted by molar-refractivity contribution is 5.62. The highest BCUT2D eigenvalue weighted by atomic mass is 16.7. The maximum atomic E-state index is 9.00. The molecule has 0 fully saturated rings. The molecule has 0 aromatic carbocycles. The quantitative estimate of drug-likeness (QED) is 0.589. The van der Waals surface area contributed by atoms with E-state index in [-0.39, 0.29) is 6.29 Å². The van der Waals surface area contributed by atoms with Gasteiger partial charge in [-0.2, -0.15) is 0 Å². The van der Waals surface area contributed by atoms with Crippen LogP contribution in [0, 0.1) is 0 Å². The van der Waals surface area contributed by atoms with Gasteiger partial charge in [0.25, 0.3) is 5.97 Å². The Morgan fingerprint density at radius 2 is 1.60 bits per heavy atom. The van der Waals surface area contributed by atoms with Crippen molar-refractivity contribution < 1.29 is 19.4 Å². The number of methoxy groups -OCH3 is 2. The third kappa shape index (κ3) is 26.3. The molecule has 0 saturated heterocycles. The lowest BCUT2D eigenvalue weighted by atomic mass is 10.8. The first kappa shape index (κ1) is 12.1. The SMILES string of the molecule is CC(=O)O.COC(C)OC. The van der Waals surface area contributed by atoms with Crippen molar-refractivity contribution in [2.45, 2.75) is 20.1 Å². The normalized spacial score (nSPS) is 8.50. The summed E-state index contributed by atoms with van der Waals surface area (Å²) in [7, 11) is 3.21. The van der Waals surface area contributed by atoms with Crippen LogP contribution in [0.25, 0.3) is 0 Å². The average Bonchev–Trinajstić information content (AvgIpc) is 1.85. The summed E-state index contributed by atoms with van der Waals surface area (Å²) in [5.74, 6) is -0.833. The fourth-order valence-corrected chi connectivity index (χ4v) is 0.0962. The predicted octanol–water partition coefficient (Wildman–Crippen LogP) is 0.716. The molecule has 0 unspecified atom stereocenters. The van der Waals surface area contributed by atoms with E-state index < -0.39 is 5.97 Å². The van der Waals surface area contributed by atoms with Crippen molar-refractivity contribution in [3.8, 4) is 0 Å². The molecule has 0 amide bonds. The summed E-state index contributed by atoms with van der Waals surface area (Å²) in [5.41, 5.74) is 0. The van der Waals surface area contributed by atoms with Crippen molar-refractivity contribution in [3.05, 3.63) is 0 Å². The number of carboxylic acids is 1. The molecule has 1 N–H and O–H groups in total. The fourth-order valence-electron chi connectivity index (χ4n) is 0.0962. The molecule has 4 nitrogen and oxygen atoms in total. The highest BCUT2D eigenvalue weighted by Crippen LogP contribution is 1.82. The second-order valence-corrected chi connectivity index (χ2v) is 1.56. The van der Waals surface area contributed by atoms with Crippen LogP contribution >= 0.6 is 0 Å². The standard InChI is InChI=1S/C4H10O2.C2H4O2/c1-4(5-2)6-3;1-2(3)4/h4H,1-3H3;1H3,(H,3,4). The van der Waals surface area contributed by atoms with Gasteiger partial charge in [0.05, 0.1) is 0 Å². The third-order valence-electron chi connectivity index (χ3n) is 0.664. The summed E-state index contributed by atoms with van der Waals surface area (Å²) in [6.45, 7) is 2.92. The Morgan fingerprint density at radius 3 is 1.60 bits per heavy atom. The van der Waals surface area contributed by atoms with Crippen LogP contribution in [0.2, 0.25) is 0 Å². The van der Waals surface area contributed by atoms with E-state index in [4.69, 9.17) is 9.90 Å². The van der Waals surface area contributed by atoms with Gasteiger partial charge in [0.1, 0.15) is 0 Å². The molecule has 0 aliphatic heterocycles. The van der Waals surface area contributed by atoms with Crippen LogP contribution in [0.1, 0.15) is 13.8 Å². The molecule has 0 heterocycles. The van der Waals surface area contributed by atoms with Gasteiger partial charge in [-0.05, 0) is 6.92 Å². The molecule has 0 bridgehead atoms. The second kappa shape index (κ2) is 8.39. The van der Waals surface area contributed by atoms with E-state index >= 15 is 0 Å². The van der Waals surface area contributed by atoms with E-state index in [1.807, 2.05) is 6.92 Å². The van der Waals surface area contributed by atoms with Crippen LogP contribution < -0.4 is 0 Å². The zero-order chi connectivity index (χ0) is 8.57. The number of hydrogen-bond donors (Lipinski definition) is 1. The molecule has 0 saturated carbocycles. The average molecular weight is 150 g/mol. The molecule has 0 aromatic rings. The maximum Gasteiger partial charge on any atom is 0.300 e. The van der Waals surface area contributed by atoms with Crippen LogP contribution in [0.4, 0.5) is 0 Å². The minimum Gasteiger partial charge on any atom is -0.481 e. The summed E-state index contributed by atoms with van der Waals surface area (Å²) >= 11 is 0. The lowest BCUT2D eigenvalue weighted by Gasteiger charge is -2.03. The third-order valence-corrected chi connectivity index (χ3v) is 0.664. The monoisotopic (exact) mass is 150 g/mol. The topological polar surface area (TPSA) is 55.8 Å². The zero-order valence-electron chi connectivity index (χ0n) is 6.75. The number of ether oxygens (including phenoxy) is 2. The van der Waals surface area contributed by atoms with E-state index in [0.29, 0.717) is 0 Å². The van der Waals surface area contributed by atoms with Gasteiger partial charge in [-0.3, -0.25) is 4.79 Å². The summed E-state index contributed by atoms with van der Waals surface area (Å²) in [4.78, 5) is 9.00. The molecule has 10 heavy (non-hydrogen) atoms. The van der Waals surface area contributed by atoms with Gasteiger partial charge in [0.2, 0.25) is 0 Å². The molecule has 0 spiro atoms. The molecule has 4 heteroatoms. The predicted molar refractivity (Wildman–Crippen MR) is 36.8 cm³/mol. The van der Waals surface area contributed by atoms with Crippen LogP contribution in [0.3, 0.4) is 0 Å². The van der Waals surface area contributed by atoms with Crippen molar-refractivity contribution in [3.63, 3.8) is 0 Å². The summed E-state index contributed by atoms with van der Waals surface area (Å²) in [6, 6.07) is 0. The van der Waals surface area contributed by atoms with Crippen molar-refractivity contribution in [1.82, 2.24) is 0 Å². The van der Waals surface area contributed by atoms with Crippen LogP contribution in [0.15, 0.2) is 0 Å². The Morgan fingerprint density at radius 1 is 1.40 bits per heavy atom. The molecule has 62 valence electrons. The lowest BCUT2D eigenvalue weighted by molar-refractivity contribution is -0.134. The fraction of sp³-hybridized carbons (Fsp3) is 0.833. The molecular formula is C6H14O4. The van der Waals surface area contributed by atoms with Gasteiger partial charge in [0.15, 0.2) is 6.29 Å². The van der Waals surface area contributed by atoms with Gasteiger partial charge in [0, 0.05) is 21.1 Å². The van der Waals surface area contributed by atoms with E-state index in [2.05, 4.69) is 9.47 Å². The van der Waals surface area contributed by atoms with E-state index in [1.54, 1.807) is 14.2 Å². The summed E-state index contributed by atoms with van der Waals surface area (Å²) < 4.78 is 9.35. The highest BCUT2D eigenvalue weighted by Gasteiger charge is 1.87. The zero-order valence-corrected chi connectivity index (χ0v) is 6.75. The molecule has 0 atom stereocenters. The Hall–Kier alpha value is -0.610. The first-order valence-electron chi connectivity index (χ1n) is 2.79. The minimum absolute atomic E-state index is 0.0648.